The Kier molecular flexibility index (Phi) is 4.25. The summed E-state index contributed by atoms with van der Waals surface area (Å²) in [7, 11) is 1.52. The maximum atomic E-state index is 13.2. The first-order valence-corrected chi connectivity index (χ1v) is 8.13. The van der Waals surface area contributed by atoms with E-state index in [2.05, 4.69) is 15.0 Å². The van der Waals surface area contributed by atoms with Crippen LogP contribution in [0.1, 0.15) is 0 Å². The monoisotopic (exact) mass is 362 g/mol. The third-order valence-electron chi connectivity index (χ3n) is 4.04. The minimum Gasteiger partial charge on any atom is -0.493 e. The van der Waals surface area contributed by atoms with Crippen LogP contribution in [0.4, 0.5) is 10.2 Å². The Balaban J connectivity index is 1.90. The van der Waals surface area contributed by atoms with Crippen molar-refractivity contribution < 1.29 is 13.5 Å². The van der Waals surface area contributed by atoms with E-state index in [-0.39, 0.29) is 11.6 Å². The third-order valence-corrected chi connectivity index (χ3v) is 4.04. The van der Waals surface area contributed by atoms with Crippen LogP contribution in [0.15, 0.2) is 65.5 Å². The van der Waals surface area contributed by atoms with E-state index in [1.54, 1.807) is 36.8 Å². The highest BCUT2D eigenvalue weighted by atomic mass is 19.1. The number of oxazole rings is 1. The highest BCUT2D eigenvalue weighted by Crippen LogP contribution is 2.37. The van der Waals surface area contributed by atoms with E-state index in [1.165, 1.54) is 19.2 Å². The number of pyridine rings is 2. The van der Waals surface area contributed by atoms with Crippen LogP contribution in [0.2, 0.25) is 0 Å². The van der Waals surface area contributed by atoms with Crippen molar-refractivity contribution in [2.75, 3.05) is 12.8 Å². The number of anilines is 1. The SMILES string of the molecule is COc1cc(-c2nc(-c3ccc(F)cc3)oc2-c2ccncc2)cnc1N. The van der Waals surface area contributed by atoms with Gasteiger partial charge in [0.25, 0.3) is 0 Å². The van der Waals surface area contributed by atoms with Crippen molar-refractivity contribution in [2.24, 2.45) is 0 Å². The number of ether oxygens (including phenoxy) is 1. The molecule has 0 saturated heterocycles. The van der Waals surface area contributed by atoms with Gasteiger partial charge < -0.3 is 14.9 Å². The maximum Gasteiger partial charge on any atom is 0.227 e. The van der Waals surface area contributed by atoms with Crippen LogP contribution in [0.3, 0.4) is 0 Å². The van der Waals surface area contributed by atoms with Gasteiger partial charge in [0.2, 0.25) is 5.89 Å². The first kappa shape index (κ1) is 16.7. The van der Waals surface area contributed by atoms with E-state index in [0.29, 0.717) is 34.2 Å². The summed E-state index contributed by atoms with van der Waals surface area (Å²) in [6.45, 7) is 0. The molecule has 0 amide bonds. The van der Waals surface area contributed by atoms with Gasteiger partial charge in [-0.3, -0.25) is 4.98 Å². The molecule has 3 heterocycles. The summed E-state index contributed by atoms with van der Waals surface area (Å²) in [5, 5.41) is 0. The van der Waals surface area contributed by atoms with E-state index in [0.717, 1.165) is 5.56 Å². The lowest BCUT2D eigenvalue weighted by Gasteiger charge is -2.06. The number of aromatic nitrogens is 3. The van der Waals surface area contributed by atoms with E-state index >= 15 is 0 Å². The van der Waals surface area contributed by atoms with Crippen molar-refractivity contribution in [3.05, 3.63) is 66.9 Å². The van der Waals surface area contributed by atoms with E-state index in [4.69, 9.17) is 14.9 Å². The number of nitrogens with zero attached hydrogens (tertiary/aromatic N) is 3. The van der Waals surface area contributed by atoms with Gasteiger partial charge in [-0.1, -0.05) is 0 Å². The standard InChI is InChI=1S/C20H15FN4O2/c1-26-16-10-14(11-24-19(16)22)17-18(12-6-8-23-9-7-12)27-20(25-17)13-2-4-15(21)5-3-13/h2-11H,1H3,(H2,22,24). The van der Waals surface area contributed by atoms with Gasteiger partial charge in [0.1, 0.15) is 11.5 Å². The normalized spacial score (nSPS) is 10.7. The molecule has 7 heteroatoms. The molecule has 0 radical (unpaired) electrons. The smallest absolute Gasteiger partial charge is 0.227 e. The van der Waals surface area contributed by atoms with Gasteiger partial charge in [-0.2, -0.15) is 0 Å². The van der Waals surface area contributed by atoms with Gasteiger partial charge in [-0.25, -0.2) is 14.4 Å². The van der Waals surface area contributed by atoms with Gasteiger partial charge in [0, 0.05) is 35.3 Å². The van der Waals surface area contributed by atoms with Crippen molar-refractivity contribution in [2.45, 2.75) is 0 Å². The summed E-state index contributed by atoms with van der Waals surface area (Å²) < 4.78 is 24.5. The Hall–Kier alpha value is -3.74. The minimum atomic E-state index is -0.327. The molecule has 0 aliphatic rings. The van der Waals surface area contributed by atoms with Crippen molar-refractivity contribution in [1.29, 1.82) is 0 Å². The van der Waals surface area contributed by atoms with Crippen molar-refractivity contribution in [1.82, 2.24) is 15.0 Å². The molecule has 0 spiro atoms. The predicted molar refractivity (Wildman–Crippen MR) is 99.3 cm³/mol. The fraction of sp³-hybridized carbons (Fsp3) is 0.0500. The van der Waals surface area contributed by atoms with Gasteiger partial charge in [-0.05, 0) is 42.5 Å². The lowest BCUT2D eigenvalue weighted by molar-refractivity contribution is 0.415. The number of benzene rings is 1. The Morgan fingerprint density at radius 1 is 1.00 bits per heavy atom. The first-order valence-electron chi connectivity index (χ1n) is 8.13. The van der Waals surface area contributed by atoms with E-state index in [1.807, 2.05) is 12.1 Å². The average Bonchev–Trinajstić information content (AvgIpc) is 3.15. The van der Waals surface area contributed by atoms with Gasteiger partial charge in [-0.15, -0.1) is 0 Å². The van der Waals surface area contributed by atoms with Crippen LogP contribution in [0, 0.1) is 5.82 Å². The molecule has 0 atom stereocenters. The second-order valence-corrected chi connectivity index (χ2v) is 5.75. The molecule has 6 nitrogen and oxygen atoms in total. The summed E-state index contributed by atoms with van der Waals surface area (Å²) in [5.74, 6) is 1.32. The maximum absolute atomic E-state index is 13.2. The van der Waals surface area contributed by atoms with Crippen LogP contribution in [0.5, 0.6) is 5.75 Å². The zero-order chi connectivity index (χ0) is 18.8. The van der Waals surface area contributed by atoms with Gasteiger partial charge >= 0.3 is 0 Å². The van der Waals surface area contributed by atoms with Crippen molar-refractivity contribution >= 4 is 5.82 Å². The lowest BCUT2D eigenvalue weighted by atomic mass is 10.1. The Bertz CT molecular complexity index is 1080. The second kappa shape index (κ2) is 6.87. The molecule has 0 unspecified atom stereocenters. The van der Waals surface area contributed by atoms with Crippen LogP contribution < -0.4 is 10.5 Å². The minimum absolute atomic E-state index is 0.286. The van der Waals surface area contributed by atoms with Gasteiger partial charge in [0.05, 0.1) is 7.11 Å². The molecule has 0 bridgehead atoms. The zero-order valence-corrected chi connectivity index (χ0v) is 14.4. The van der Waals surface area contributed by atoms with E-state index < -0.39 is 0 Å². The van der Waals surface area contributed by atoms with E-state index in [9.17, 15) is 4.39 Å². The number of rotatable bonds is 4. The molecular weight excluding hydrogens is 347 g/mol. The molecule has 134 valence electrons. The summed E-state index contributed by atoms with van der Waals surface area (Å²) >= 11 is 0. The highest BCUT2D eigenvalue weighted by Gasteiger charge is 2.19. The molecule has 1 aromatic carbocycles. The van der Waals surface area contributed by atoms with Crippen molar-refractivity contribution in [3.8, 4) is 39.8 Å². The predicted octanol–water partition coefficient (Wildman–Crippen LogP) is 4.20. The zero-order valence-electron chi connectivity index (χ0n) is 14.4. The molecule has 0 aliphatic carbocycles. The molecule has 27 heavy (non-hydrogen) atoms. The summed E-state index contributed by atoms with van der Waals surface area (Å²) in [6.07, 6.45) is 4.94. The largest absolute Gasteiger partial charge is 0.493 e. The van der Waals surface area contributed by atoms with Crippen LogP contribution in [-0.2, 0) is 0 Å². The number of methoxy groups -OCH3 is 1. The first-order chi connectivity index (χ1) is 13.2. The molecule has 2 N–H and O–H groups in total. The second-order valence-electron chi connectivity index (χ2n) is 5.75. The van der Waals surface area contributed by atoms with Crippen molar-refractivity contribution in [3.63, 3.8) is 0 Å². The number of hydrogen-bond donors (Lipinski definition) is 1. The molecule has 3 aromatic heterocycles. The van der Waals surface area contributed by atoms with Crippen LogP contribution in [-0.4, -0.2) is 22.1 Å². The highest BCUT2D eigenvalue weighted by molar-refractivity contribution is 5.79. The number of hydrogen-bond acceptors (Lipinski definition) is 6. The Labute approximate surface area is 154 Å². The average molecular weight is 362 g/mol. The lowest BCUT2D eigenvalue weighted by Crippen LogP contribution is -1.96. The molecule has 4 rings (SSSR count). The fourth-order valence-corrected chi connectivity index (χ4v) is 2.68. The molecule has 4 aromatic rings. The summed E-state index contributed by atoms with van der Waals surface area (Å²) in [4.78, 5) is 12.8. The summed E-state index contributed by atoms with van der Waals surface area (Å²) in [6, 6.07) is 11.3. The Morgan fingerprint density at radius 3 is 2.44 bits per heavy atom. The Morgan fingerprint density at radius 2 is 1.74 bits per heavy atom. The number of nitrogen functional groups attached to an aromatic ring is 1. The molecule has 0 aliphatic heterocycles. The number of nitrogens with two attached hydrogens (primary N) is 1. The summed E-state index contributed by atoms with van der Waals surface area (Å²) in [5.41, 5.74) is 8.54. The van der Waals surface area contributed by atoms with Gasteiger partial charge in [0.15, 0.2) is 17.3 Å². The molecule has 0 fully saturated rings. The molecule has 0 saturated carbocycles. The topological polar surface area (TPSA) is 87.1 Å². The molecular formula is C20H15FN4O2. The fourth-order valence-electron chi connectivity index (χ4n) is 2.68. The third kappa shape index (κ3) is 3.22. The van der Waals surface area contributed by atoms with Crippen LogP contribution in [0.25, 0.3) is 34.0 Å². The van der Waals surface area contributed by atoms with Crippen LogP contribution >= 0.6 is 0 Å². The quantitative estimate of drug-likeness (QED) is 0.585. The number of halogens is 1.